The molecule has 84 valence electrons. The van der Waals surface area contributed by atoms with E-state index in [0.717, 1.165) is 0 Å². The lowest BCUT2D eigenvalue weighted by molar-refractivity contribution is -0.235. The lowest BCUT2D eigenvalue weighted by Gasteiger charge is -2.42. The Balaban J connectivity index is 2.84. The first-order valence-electron chi connectivity index (χ1n) is 4.32. The van der Waals surface area contributed by atoms with Gasteiger partial charge in [-0.3, -0.25) is 0 Å². The number of ether oxygens (including phenoxy) is 2. The minimum atomic E-state index is -1.43. The van der Waals surface area contributed by atoms with Gasteiger partial charge in [0.1, 0.15) is 36.6 Å². The molecule has 0 spiro atoms. The Kier molecular flexibility index (Phi) is 3.82. The normalized spacial score (nSPS) is 49.3. The topological polar surface area (TPSA) is 99.4 Å². The molecule has 0 aromatic rings. The second kappa shape index (κ2) is 4.52. The first kappa shape index (κ1) is 11.8. The van der Waals surface area contributed by atoms with Gasteiger partial charge in [0.25, 0.3) is 0 Å². The average molecular weight is 208 g/mol. The Morgan fingerprint density at radius 2 is 0.929 bits per heavy atom. The van der Waals surface area contributed by atoms with Gasteiger partial charge in [-0.15, -0.1) is 0 Å². The molecule has 4 N–H and O–H groups in total. The lowest BCUT2D eigenvalue weighted by Crippen LogP contribution is -2.64. The summed E-state index contributed by atoms with van der Waals surface area (Å²) in [5, 5.41) is 37.7. The maximum Gasteiger partial charge on any atom is 0.114 e. The van der Waals surface area contributed by atoms with Crippen molar-refractivity contribution in [2.75, 3.05) is 14.2 Å². The molecular formula is C8H16O6. The summed E-state index contributed by atoms with van der Waals surface area (Å²) in [6.45, 7) is 0. The van der Waals surface area contributed by atoms with Gasteiger partial charge in [0.15, 0.2) is 0 Å². The van der Waals surface area contributed by atoms with Crippen molar-refractivity contribution >= 4 is 0 Å². The van der Waals surface area contributed by atoms with Crippen LogP contribution in [0.15, 0.2) is 0 Å². The summed E-state index contributed by atoms with van der Waals surface area (Å²) in [6.07, 6.45) is -7.11. The Morgan fingerprint density at radius 3 is 1.14 bits per heavy atom. The molecule has 0 aromatic heterocycles. The van der Waals surface area contributed by atoms with E-state index in [1.165, 1.54) is 14.2 Å². The second-order valence-electron chi connectivity index (χ2n) is 3.36. The average Bonchev–Trinajstić information content (AvgIpc) is 2.20. The molecule has 0 saturated heterocycles. The van der Waals surface area contributed by atoms with E-state index in [-0.39, 0.29) is 0 Å². The molecule has 1 aliphatic carbocycles. The third-order valence-corrected chi connectivity index (χ3v) is 2.59. The van der Waals surface area contributed by atoms with Gasteiger partial charge >= 0.3 is 0 Å². The maximum absolute atomic E-state index is 9.50. The van der Waals surface area contributed by atoms with Crippen LogP contribution in [-0.4, -0.2) is 71.3 Å². The molecule has 0 aromatic carbocycles. The van der Waals surface area contributed by atoms with Crippen LogP contribution in [0.4, 0.5) is 0 Å². The van der Waals surface area contributed by atoms with Gasteiger partial charge in [-0.25, -0.2) is 0 Å². The van der Waals surface area contributed by atoms with Crippen molar-refractivity contribution in [1.82, 2.24) is 0 Å². The number of rotatable bonds is 2. The van der Waals surface area contributed by atoms with E-state index in [0.29, 0.717) is 0 Å². The number of hydrogen-bond donors (Lipinski definition) is 4. The quantitative estimate of drug-likeness (QED) is 0.399. The zero-order chi connectivity index (χ0) is 10.9. The van der Waals surface area contributed by atoms with Crippen LogP contribution in [0.2, 0.25) is 0 Å². The molecule has 0 aliphatic heterocycles. The number of aliphatic hydroxyl groups is 4. The Hall–Kier alpha value is -0.240. The van der Waals surface area contributed by atoms with Crippen LogP contribution in [-0.2, 0) is 9.47 Å². The molecule has 0 unspecified atom stereocenters. The van der Waals surface area contributed by atoms with E-state index in [2.05, 4.69) is 0 Å². The Bertz CT molecular complexity index is 167. The molecule has 6 heteroatoms. The van der Waals surface area contributed by atoms with Crippen molar-refractivity contribution in [1.29, 1.82) is 0 Å². The highest BCUT2D eigenvalue weighted by Crippen LogP contribution is 2.25. The third kappa shape index (κ3) is 1.77. The largest absolute Gasteiger partial charge is 0.387 e. The highest BCUT2D eigenvalue weighted by molar-refractivity contribution is 4.99. The molecule has 0 radical (unpaired) electrons. The zero-order valence-corrected chi connectivity index (χ0v) is 8.07. The van der Waals surface area contributed by atoms with E-state index in [4.69, 9.17) is 9.47 Å². The monoisotopic (exact) mass is 208 g/mol. The summed E-state index contributed by atoms with van der Waals surface area (Å²) in [5.74, 6) is 0. The molecule has 1 aliphatic rings. The van der Waals surface area contributed by atoms with Gasteiger partial charge in [-0.1, -0.05) is 0 Å². The zero-order valence-electron chi connectivity index (χ0n) is 8.07. The SMILES string of the molecule is CO[C@@H]1[C@@H](O)[C@@H](O)[C@H](O)[C@H](O)[C@H]1OC. The molecule has 1 rings (SSSR count). The van der Waals surface area contributed by atoms with Crippen molar-refractivity contribution in [3.63, 3.8) is 0 Å². The van der Waals surface area contributed by atoms with Crippen LogP contribution < -0.4 is 0 Å². The molecule has 6 nitrogen and oxygen atoms in total. The first-order valence-corrected chi connectivity index (χ1v) is 4.32. The van der Waals surface area contributed by atoms with E-state index < -0.39 is 36.6 Å². The fourth-order valence-corrected chi connectivity index (χ4v) is 1.73. The van der Waals surface area contributed by atoms with Gasteiger partial charge in [0.2, 0.25) is 0 Å². The summed E-state index contributed by atoms with van der Waals surface area (Å²) in [7, 11) is 2.66. The highest BCUT2D eigenvalue weighted by atomic mass is 16.6. The van der Waals surface area contributed by atoms with Gasteiger partial charge < -0.3 is 29.9 Å². The summed E-state index contributed by atoms with van der Waals surface area (Å²) < 4.78 is 9.78. The highest BCUT2D eigenvalue weighted by Gasteiger charge is 2.49. The molecule has 1 saturated carbocycles. The minimum absolute atomic E-state index is 0.853. The smallest absolute Gasteiger partial charge is 0.114 e. The molecule has 1 fully saturated rings. The molecule has 6 atom stereocenters. The fourth-order valence-electron chi connectivity index (χ4n) is 1.73. The molecule has 0 heterocycles. The van der Waals surface area contributed by atoms with Crippen molar-refractivity contribution in [2.24, 2.45) is 0 Å². The van der Waals surface area contributed by atoms with Crippen LogP contribution in [0.25, 0.3) is 0 Å². The molecular weight excluding hydrogens is 192 g/mol. The van der Waals surface area contributed by atoms with E-state index in [1.807, 2.05) is 0 Å². The fraction of sp³-hybridized carbons (Fsp3) is 1.00. The van der Waals surface area contributed by atoms with Crippen LogP contribution in [0.5, 0.6) is 0 Å². The second-order valence-corrected chi connectivity index (χ2v) is 3.36. The van der Waals surface area contributed by atoms with Gasteiger partial charge in [-0.05, 0) is 0 Å². The standard InChI is InChI=1S/C8H16O6/c1-13-7-5(11)3(9)4(10)6(12)8(7)14-2/h3-12H,1-2H3/t3-,4-,5-,6-,7+,8+/m0/s1. The lowest BCUT2D eigenvalue weighted by atomic mass is 9.85. The summed E-state index contributed by atoms with van der Waals surface area (Å²) >= 11 is 0. The predicted molar refractivity (Wildman–Crippen MR) is 45.6 cm³/mol. The van der Waals surface area contributed by atoms with Crippen LogP contribution >= 0.6 is 0 Å². The van der Waals surface area contributed by atoms with Crippen LogP contribution in [0, 0.1) is 0 Å². The van der Waals surface area contributed by atoms with Crippen molar-refractivity contribution in [3.8, 4) is 0 Å². The summed E-state index contributed by atoms with van der Waals surface area (Å²) in [6, 6.07) is 0. The summed E-state index contributed by atoms with van der Waals surface area (Å²) in [4.78, 5) is 0. The van der Waals surface area contributed by atoms with Crippen LogP contribution in [0.1, 0.15) is 0 Å². The predicted octanol–water partition coefficient (Wildman–Crippen LogP) is -2.53. The molecule has 0 bridgehead atoms. The van der Waals surface area contributed by atoms with Crippen molar-refractivity contribution < 1.29 is 29.9 Å². The van der Waals surface area contributed by atoms with Gasteiger partial charge in [0, 0.05) is 14.2 Å². The Morgan fingerprint density at radius 1 is 0.643 bits per heavy atom. The molecule has 0 amide bonds. The number of hydrogen-bond acceptors (Lipinski definition) is 6. The van der Waals surface area contributed by atoms with Crippen LogP contribution in [0.3, 0.4) is 0 Å². The van der Waals surface area contributed by atoms with Crippen molar-refractivity contribution in [2.45, 2.75) is 36.6 Å². The summed E-state index contributed by atoms with van der Waals surface area (Å²) in [5.41, 5.74) is 0. The third-order valence-electron chi connectivity index (χ3n) is 2.59. The van der Waals surface area contributed by atoms with Gasteiger partial charge in [-0.2, -0.15) is 0 Å². The number of aliphatic hydroxyl groups excluding tert-OH is 4. The van der Waals surface area contributed by atoms with E-state index in [1.54, 1.807) is 0 Å². The Labute approximate surface area is 81.7 Å². The van der Waals surface area contributed by atoms with E-state index >= 15 is 0 Å². The van der Waals surface area contributed by atoms with Crippen molar-refractivity contribution in [3.05, 3.63) is 0 Å². The maximum atomic E-state index is 9.50. The first-order chi connectivity index (χ1) is 6.54. The minimum Gasteiger partial charge on any atom is -0.387 e. The van der Waals surface area contributed by atoms with E-state index in [9.17, 15) is 20.4 Å². The molecule has 14 heavy (non-hydrogen) atoms. The van der Waals surface area contributed by atoms with Gasteiger partial charge in [0.05, 0.1) is 0 Å². The number of methoxy groups -OCH3 is 2.